The highest BCUT2D eigenvalue weighted by Crippen LogP contribution is 2.27. The van der Waals surface area contributed by atoms with E-state index < -0.39 is 12.3 Å². The Bertz CT molecular complexity index is 1500. The number of aromatic nitrogens is 5. The number of fused-ring (bicyclic) bond motifs is 1. The monoisotopic (exact) mass is 488 g/mol. The number of rotatable bonds is 8. The van der Waals surface area contributed by atoms with E-state index in [-0.39, 0.29) is 23.6 Å². The number of hydrogen-bond donors (Lipinski definition) is 1. The third kappa shape index (κ3) is 4.78. The van der Waals surface area contributed by atoms with Gasteiger partial charge in [0.05, 0.1) is 30.0 Å². The molecule has 1 amide bonds. The first-order valence-corrected chi connectivity index (χ1v) is 11.3. The molecule has 10 heteroatoms. The molecular formula is C26H22F2N6O2. The molecule has 0 bridgehead atoms. The first-order chi connectivity index (χ1) is 17.5. The van der Waals surface area contributed by atoms with Gasteiger partial charge in [-0.25, -0.2) is 23.0 Å². The zero-order chi connectivity index (χ0) is 25.1. The molecule has 1 N–H and O–H groups in total. The molecule has 0 radical (unpaired) electrons. The summed E-state index contributed by atoms with van der Waals surface area (Å²) in [6.07, 6.45) is 2.45. The zero-order valence-corrected chi connectivity index (χ0v) is 19.3. The molecular weight excluding hydrogens is 466 g/mol. The van der Waals surface area contributed by atoms with E-state index in [9.17, 15) is 13.6 Å². The molecule has 0 aliphatic carbocycles. The lowest BCUT2D eigenvalue weighted by Crippen LogP contribution is -2.12. The maximum Gasteiger partial charge on any atom is 0.280 e. The van der Waals surface area contributed by atoms with E-state index in [0.29, 0.717) is 22.7 Å². The SMILES string of the molecule is CCc1ccc(OCn2cc(NC(=O)c3cnn4c(C(F)F)cc(-c5ccccc5)nc34)cn2)cc1. The van der Waals surface area contributed by atoms with Gasteiger partial charge in [-0.05, 0) is 30.2 Å². The molecule has 0 unspecified atom stereocenters. The van der Waals surface area contributed by atoms with Crippen LogP contribution in [-0.4, -0.2) is 30.3 Å². The van der Waals surface area contributed by atoms with Gasteiger partial charge in [0, 0.05) is 5.56 Å². The van der Waals surface area contributed by atoms with E-state index in [1.807, 2.05) is 30.3 Å². The lowest BCUT2D eigenvalue weighted by atomic mass is 10.1. The maximum absolute atomic E-state index is 13.8. The summed E-state index contributed by atoms with van der Waals surface area (Å²) >= 11 is 0. The summed E-state index contributed by atoms with van der Waals surface area (Å²) in [7, 11) is 0. The van der Waals surface area contributed by atoms with Crippen LogP contribution in [0.25, 0.3) is 16.9 Å². The number of nitrogens with one attached hydrogen (secondary N) is 1. The smallest absolute Gasteiger partial charge is 0.280 e. The number of carbonyl (C=O) groups excluding carboxylic acids is 1. The minimum atomic E-state index is -2.80. The Labute approximate surface area is 205 Å². The van der Waals surface area contributed by atoms with Crippen LogP contribution in [-0.2, 0) is 13.2 Å². The molecule has 5 rings (SSSR count). The zero-order valence-electron chi connectivity index (χ0n) is 19.3. The summed E-state index contributed by atoms with van der Waals surface area (Å²) in [6.45, 7) is 2.23. The molecule has 0 fully saturated rings. The van der Waals surface area contributed by atoms with Gasteiger partial charge in [-0.2, -0.15) is 10.2 Å². The second-order valence-electron chi connectivity index (χ2n) is 8.02. The fourth-order valence-electron chi connectivity index (χ4n) is 3.72. The Balaban J connectivity index is 1.35. The fraction of sp³-hybridized carbons (Fsp3) is 0.154. The van der Waals surface area contributed by atoms with Crippen LogP contribution < -0.4 is 10.1 Å². The molecule has 0 spiro atoms. The minimum Gasteiger partial charge on any atom is -0.471 e. The van der Waals surface area contributed by atoms with Crippen LogP contribution in [0.1, 0.15) is 35.0 Å². The van der Waals surface area contributed by atoms with E-state index >= 15 is 0 Å². The van der Waals surface area contributed by atoms with Gasteiger partial charge in [0.15, 0.2) is 12.4 Å². The topological polar surface area (TPSA) is 86.3 Å². The summed E-state index contributed by atoms with van der Waals surface area (Å²) in [6, 6.07) is 18.0. The Morgan fingerprint density at radius 3 is 2.56 bits per heavy atom. The molecule has 0 saturated carbocycles. The second kappa shape index (κ2) is 9.95. The van der Waals surface area contributed by atoms with E-state index in [0.717, 1.165) is 10.9 Å². The molecule has 0 atom stereocenters. The number of alkyl halides is 2. The average Bonchev–Trinajstić information content (AvgIpc) is 3.54. The van der Waals surface area contributed by atoms with Crippen LogP contribution in [0.4, 0.5) is 14.5 Å². The second-order valence-corrected chi connectivity index (χ2v) is 8.02. The Kier molecular flexibility index (Phi) is 6.40. The predicted octanol–water partition coefficient (Wildman–Crippen LogP) is 5.38. The first-order valence-electron chi connectivity index (χ1n) is 11.3. The van der Waals surface area contributed by atoms with Crippen LogP contribution in [0.3, 0.4) is 0 Å². The summed E-state index contributed by atoms with van der Waals surface area (Å²) in [5, 5.41) is 10.9. The van der Waals surface area contributed by atoms with Gasteiger partial charge in [0.2, 0.25) is 0 Å². The number of benzene rings is 2. The number of nitrogens with zero attached hydrogens (tertiary/aromatic N) is 5. The number of anilines is 1. The summed E-state index contributed by atoms with van der Waals surface area (Å²) in [4.78, 5) is 17.5. The lowest BCUT2D eigenvalue weighted by molar-refractivity contribution is 0.102. The molecule has 0 saturated heterocycles. The standard InChI is InChI=1S/C26H22F2N6O2/c1-2-17-8-10-20(11-9-17)36-16-33-15-19(13-29-33)31-26(35)21-14-30-34-23(24(27)28)12-22(32-25(21)34)18-6-4-3-5-7-18/h3-15,24H,2,16H2,1H3,(H,31,35). The van der Waals surface area contributed by atoms with Crippen molar-refractivity contribution in [1.82, 2.24) is 24.4 Å². The minimum absolute atomic E-state index is 0.0374. The van der Waals surface area contributed by atoms with Crippen LogP contribution >= 0.6 is 0 Å². The third-order valence-corrected chi connectivity index (χ3v) is 5.62. The highest BCUT2D eigenvalue weighted by Gasteiger charge is 2.22. The van der Waals surface area contributed by atoms with Gasteiger partial charge in [-0.3, -0.25) is 4.79 Å². The van der Waals surface area contributed by atoms with Crippen LogP contribution in [0.5, 0.6) is 5.75 Å². The van der Waals surface area contributed by atoms with E-state index in [1.54, 1.807) is 30.5 Å². The van der Waals surface area contributed by atoms with Gasteiger partial charge in [0.1, 0.15) is 17.0 Å². The number of ether oxygens (including phenoxy) is 1. The molecule has 0 aliphatic rings. The van der Waals surface area contributed by atoms with E-state index in [4.69, 9.17) is 4.74 Å². The summed E-state index contributed by atoms with van der Waals surface area (Å²) in [5.41, 5.74) is 2.35. The summed E-state index contributed by atoms with van der Waals surface area (Å²) < 4.78 is 35.8. The third-order valence-electron chi connectivity index (χ3n) is 5.62. The molecule has 182 valence electrons. The molecule has 8 nitrogen and oxygen atoms in total. The first kappa shape index (κ1) is 23.2. The molecule has 3 aromatic heterocycles. The Morgan fingerprint density at radius 2 is 1.83 bits per heavy atom. The molecule has 2 aromatic carbocycles. The van der Waals surface area contributed by atoms with Crippen LogP contribution in [0, 0.1) is 0 Å². The number of amides is 1. The van der Waals surface area contributed by atoms with Crippen molar-refractivity contribution in [2.45, 2.75) is 26.5 Å². The van der Waals surface area contributed by atoms with Crippen LogP contribution in [0.15, 0.2) is 79.3 Å². The summed E-state index contributed by atoms with van der Waals surface area (Å²) in [5.74, 6) is 0.160. The number of carbonyl (C=O) groups is 1. The van der Waals surface area contributed by atoms with Crippen molar-refractivity contribution < 1.29 is 18.3 Å². The van der Waals surface area contributed by atoms with E-state index in [1.165, 1.54) is 28.7 Å². The Morgan fingerprint density at radius 1 is 1.06 bits per heavy atom. The fourth-order valence-corrected chi connectivity index (χ4v) is 3.72. The lowest BCUT2D eigenvalue weighted by Gasteiger charge is -2.08. The quantitative estimate of drug-likeness (QED) is 0.317. The van der Waals surface area contributed by atoms with Crippen molar-refractivity contribution in [2.75, 3.05) is 5.32 Å². The predicted molar refractivity (Wildman–Crippen MR) is 130 cm³/mol. The average molecular weight is 488 g/mol. The number of halogens is 2. The largest absolute Gasteiger partial charge is 0.471 e. The molecule has 3 heterocycles. The Hall–Kier alpha value is -4.60. The van der Waals surface area contributed by atoms with Gasteiger partial charge in [0.25, 0.3) is 12.3 Å². The molecule has 0 aliphatic heterocycles. The van der Waals surface area contributed by atoms with Gasteiger partial charge < -0.3 is 10.1 Å². The van der Waals surface area contributed by atoms with Gasteiger partial charge >= 0.3 is 0 Å². The van der Waals surface area contributed by atoms with Crippen LogP contribution in [0.2, 0.25) is 0 Å². The molecule has 5 aromatic rings. The maximum atomic E-state index is 13.8. The van der Waals surface area contributed by atoms with E-state index in [2.05, 4.69) is 27.4 Å². The normalized spacial score (nSPS) is 11.2. The van der Waals surface area contributed by atoms with Crippen molar-refractivity contribution in [3.8, 4) is 17.0 Å². The number of aryl methyl sites for hydroxylation is 1. The number of hydrogen-bond acceptors (Lipinski definition) is 5. The van der Waals surface area contributed by atoms with Crippen molar-refractivity contribution in [3.63, 3.8) is 0 Å². The van der Waals surface area contributed by atoms with Crippen molar-refractivity contribution in [2.24, 2.45) is 0 Å². The highest BCUT2D eigenvalue weighted by atomic mass is 19.3. The van der Waals surface area contributed by atoms with Crippen molar-refractivity contribution in [1.29, 1.82) is 0 Å². The van der Waals surface area contributed by atoms with Gasteiger partial charge in [-0.1, -0.05) is 49.4 Å². The highest BCUT2D eigenvalue weighted by molar-refractivity contribution is 6.08. The van der Waals surface area contributed by atoms with Crippen molar-refractivity contribution in [3.05, 3.63) is 96.1 Å². The molecule has 36 heavy (non-hydrogen) atoms. The van der Waals surface area contributed by atoms with Crippen molar-refractivity contribution >= 4 is 17.2 Å². The van der Waals surface area contributed by atoms with Gasteiger partial charge in [-0.15, -0.1) is 0 Å².